The Labute approximate surface area is 283 Å². The van der Waals surface area contributed by atoms with Gasteiger partial charge < -0.3 is 9.47 Å². The zero-order valence-corrected chi connectivity index (χ0v) is 27.6. The van der Waals surface area contributed by atoms with Crippen LogP contribution in [0.15, 0.2) is 158 Å². The van der Waals surface area contributed by atoms with Gasteiger partial charge in [-0.15, -0.1) is 11.3 Å². The molecule has 7 aromatic carbocycles. The van der Waals surface area contributed by atoms with E-state index in [0.717, 1.165) is 5.69 Å². The van der Waals surface area contributed by atoms with Crippen molar-refractivity contribution >= 4 is 70.4 Å². The van der Waals surface area contributed by atoms with Gasteiger partial charge in [0.1, 0.15) is 0 Å². The number of benzene rings is 7. The van der Waals surface area contributed by atoms with E-state index in [9.17, 15) is 0 Å². The quantitative estimate of drug-likeness (QED) is 0.187. The highest BCUT2D eigenvalue weighted by molar-refractivity contribution is 7.26. The summed E-state index contributed by atoms with van der Waals surface area (Å²) in [7, 11) is 0. The number of fused-ring (bicyclic) bond motifs is 9. The minimum Gasteiger partial charge on any atom is -0.309 e. The Morgan fingerprint density at radius 3 is 1.96 bits per heavy atom. The molecule has 0 bridgehead atoms. The maximum atomic E-state index is 2.58. The summed E-state index contributed by atoms with van der Waals surface area (Å²) < 4.78 is 5.03. The summed E-state index contributed by atoms with van der Waals surface area (Å²) in [6.45, 7) is 4.78. The maximum absolute atomic E-state index is 2.58. The highest BCUT2D eigenvalue weighted by Gasteiger charge is 2.39. The lowest BCUT2D eigenvalue weighted by molar-refractivity contribution is 0.661. The summed E-state index contributed by atoms with van der Waals surface area (Å²) in [6, 6.07) is 58.0. The van der Waals surface area contributed by atoms with Crippen LogP contribution in [0, 0.1) is 0 Å². The number of thiophene rings is 1. The van der Waals surface area contributed by atoms with Crippen molar-refractivity contribution in [3.8, 4) is 16.8 Å². The van der Waals surface area contributed by atoms with Crippen LogP contribution in [0.25, 0.3) is 58.8 Å². The zero-order valence-electron chi connectivity index (χ0n) is 26.8. The van der Waals surface area contributed by atoms with E-state index in [-0.39, 0.29) is 5.41 Å². The van der Waals surface area contributed by atoms with Gasteiger partial charge in [0.05, 0.1) is 28.1 Å². The fraction of sp³-hybridized carbons (Fsp3) is 0.0667. The normalized spacial score (nSPS) is 13.4. The van der Waals surface area contributed by atoms with Crippen LogP contribution in [0.3, 0.4) is 0 Å². The fourth-order valence-corrected chi connectivity index (χ4v) is 9.51. The molecule has 0 spiro atoms. The van der Waals surface area contributed by atoms with Crippen LogP contribution in [-0.4, -0.2) is 4.57 Å². The Balaban J connectivity index is 1.37. The van der Waals surface area contributed by atoms with Gasteiger partial charge in [0.2, 0.25) is 0 Å². The van der Waals surface area contributed by atoms with Crippen LogP contribution < -0.4 is 4.90 Å². The average Bonchev–Trinajstić information content (AvgIpc) is 3.76. The van der Waals surface area contributed by atoms with Crippen molar-refractivity contribution in [2.45, 2.75) is 19.3 Å². The van der Waals surface area contributed by atoms with Crippen LogP contribution in [0.1, 0.15) is 25.0 Å². The highest BCUT2D eigenvalue weighted by Crippen LogP contribution is 2.56. The molecule has 0 saturated heterocycles. The molecule has 2 nitrogen and oxygen atoms in total. The summed E-state index contributed by atoms with van der Waals surface area (Å²) in [4.78, 5) is 2.58. The highest BCUT2D eigenvalue weighted by atomic mass is 32.1. The second-order valence-electron chi connectivity index (χ2n) is 13.3. The second-order valence-corrected chi connectivity index (χ2v) is 14.4. The molecule has 48 heavy (non-hydrogen) atoms. The Hall–Kier alpha value is -5.64. The molecule has 0 atom stereocenters. The molecule has 10 rings (SSSR count). The third-order valence-corrected chi connectivity index (χ3v) is 11.5. The molecule has 3 heteroatoms. The summed E-state index contributed by atoms with van der Waals surface area (Å²) in [5, 5.41) is 5.09. The van der Waals surface area contributed by atoms with Gasteiger partial charge in [-0.25, -0.2) is 0 Å². The number of aromatic nitrogens is 1. The largest absolute Gasteiger partial charge is 0.309 e. The molecule has 0 aliphatic heterocycles. The zero-order chi connectivity index (χ0) is 32.0. The lowest BCUT2D eigenvalue weighted by Gasteiger charge is -2.33. The second kappa shape index (κ2) is 10.2. The van der Waals surface area contributed by atoms with Crippen LogP contribution in [0.2, 0.25) is 0 Å². The molecule has 9 aromatic rings. The van der Waals surface area contributed by atoms with E-state index < -0.39 is 0 Å². The van der Waals surface area contributed by atoms with Gasteiger partial charge in [-0.2, -0.15) is 0 Å². The molecule has 1 aliphatic rings. The topological polar surface area (TPSA) is 8.17 Å². The predicted molar refractivity (Wildman–Crippen MR) is 206 cm³/mol. The first-order valence-corrected chi connectivity index (χ1v) is 17.4. The molecule has 0 saturated carbocycles. The summed E-state index contributed by atoms with van der Waals surface area (Å²) in [5.41, 5.74) is 12.4. The maximum Gasteiger partial charge on any atom is 0.0562 e. The van der Waals surface area contributed by atoms with Crippen molar-refractivity contribution in [2.24, 2.45) is 0 Å². The molecular formula is C45H32N2S. The Morgan fingerprint density at radius 1 is 0.479 bits per heavy atom. The molecule has 0 amide bonds. The van der Waals surface area contributed by atoms with E-state index >= 15 is 0 Å². The fourth-order valence-electron chi connectivity index (χ4n) is 8.38. The molecule has 2 aromatic heterocycles. The first kappa shape index (κ1) is 27.5. The van der Waals surface area contributed by atoms with Crippen LogP contribution in [-0.2, 0) is 5.41 Å². The number of nitrogens with zero attached hydrogens (tertiary/aromatic N) is 2. The van der Waals surface area contributed by atoms with Gasteiger partial charge in [0, 0.05) is 42.0 Å². The smallest absolute Gasteiger partial charge is 0.0562 e. The van der Waals surface area contributed by atoms with Crippen molar-refractivity contribution in [1.82, 2.24) is 4.57 Å². The molecule has 0 fully saturated rings. The summed E-state index contributed by atoms with van der Waals surface area (Å²) in [5.74, 6) is 0. The third-order valence-electron chi connectivity index (χ3n) is 10.4. The number of hydrogen-bond acceptors (Lipinski definition) is 2. The Kier molecular flexibility index (Phi) is 5.82. The van der Waals surface area contributed by atoms with Gasteiger partial charge in [-0.05, 0) is 76.9 Å². The first-order valence-electron chi connectivity index (χ1n) is 16.6. The Bertz CT molecular complexity index is 2710. The van der Waals surface area contributed by atoms with Gasteiger partial charge in [0.15, 0.2) is 0 Å². The number of anilines is 3. The standard InChI is InChI=1S/C45H32N2S/c1-45(2)34-21-9-6-17-30(34)31-20-12-26-39(44(31)45)47(38-25-14-28-41-43(38)33-19-8-11-27-40(33)48-41)37-24-13-23-36-42(37)32-18-7-10-22-35(32)46(36)29-15-4-3-5-16-29/h3-28H,1-2H3. The van der Waals surface area contributed by atoms with Crippen molar-refractivity contribution in [3.05, 3.63) is 169 Å². The van der Waals surface area contributed by atoms with E-state index in [4.69, 9.17) is 0 Å². The monoisotopic (exact) mass is 632 g/mol. The van der Waals surface area contributed by atoms with Crippen LogP contribution >= 0.6 is 11.3 Å². The van der Waals surface area contributed by atoms with E-state index in [1.807, 2.05) is 11.3 Å². The summed E-state index contributed by atoms with van der Waals surface area (Å²) >= 11 is 1.88. The number of hydrogen-bond donors (Lipinski definition) is 0. The third kappa shape index (κ3) is 3.74. The molecular weight excluding hydrogens is 601 g/mol. The minimum absolute atomic E-state index is 0.183. The van der Waals surface area contributed by atoms with Crippen molar-refractivity contribution in [1.29, 1.82) is 0 Å². The minimum atomic E-state index is -0.183. The molecule has 228 valence electrons. The lowest BCUT2D eigenvalue weighted by atomic mass is 9.81. The van der Waals surface area contributed by atoms with E-state index in [1.54, 1.807) is 0 Å². The van der Waals surface area contributed by atoms with E-state index in [1.165, 1.54) is 81.3 Å². The number of para-hydroxylation sites is 2. The average molecular weight is 633 g/mol. The van der Waals surface area contributed by atoms with Crippen LogP contribution in [0.4, 0.5) is 17.1 Å². The van der Waals surface area contributed by atoms with Crippen molar-refractivity contribution < 1.29 is 0 Å². The van der Waals surface area contributed by atoms with E-state index in [0.29, 0.717) is 0 Å². The molecule has 0 radical (unpaired) electrons. The van der Waals surface area contributed by atoms with Crippen molar-refractivity contribution in [2.75, 3.05) is 4.90 Å². The molecule has 1 aliphatic carbocycles. The number of rotatable bonds is 4. The molecule has 0 N–H and O–H groups in total. The summed E-state index contributed by atoms with van der Waals surface area (Å²) in [6.07, 6.45) is 0. The van der Waals surface area contributed by atoms with Gasteiger partial charge in [0.25, 0.3) is 0 Å². The molecule has 0 unspecified atom stereocenters. The van der Waals surface area contributed by atoms with Crippen molar-refractivity contribution in [3.63, 3.8) is 0 Å². The van der Waals surface area contributed by atoms with Gasteiger partial charge >= 0.3 is 0 Å². The lowest BCUT2D eigenvalue weighted by Crippen LogP contribution is -2.21. The Morgan fingerprint density at radius 2 is 1.08 bits per heavy atom. The predicted octanol–water partition coefficient (Wildman–Crippen LogP) is 12.9. The molecule has 2 heterocycles. The first-order chi connectivity index (χ1) is 23.6. The van der Waals surface area contributed by atoms with Gasteiger partial charge in [-0.1, -0.05) is 117 Å². The van der Waals surface area contributed by atoms with Crippen LogP contribution in [0.5, 0.6) is 0 Å². The SMILES string of the molecule is CC1(C)c2ccccc2-c2cccc(N(c3cccc4sc5ccccc5c34)c3cccc4c3c3ccccc3n4-c3ccccc3)c21. The van der Waals surface area contributed by atoms with E-state index in [2.05, 4.69) is 181 Å². The van der Waals surface area contributed by atoms with Gasteiger partial charge in [-0.3, -0.25) is 0 Å².